The Morgan fingerprint density at radius 2 is 1.91 bits per heavy atom. The van der Waals surface area contributed by atoms with Crippen molar-refractivity contribution in [2.24, 2.45) is 0 Å². The Morgan fingerprint density at radius 3 is 2.64 bits per heavy atom. The summed E-state index contributed by atoms with van der Waals surface area (Å²) in [7, 11) is 1.63. The normalized spacial score (nSPS) is 16.5. The molecule has 2 heterocycles. The number of pyridine rings is 1. The fraction of sp³-hybridized carbons (Fsp3) is 0.346. The molecule has 0 spiro atoms. The van der Waals surface area contributed by atoms with Crippen LogP contribution in [0.25, 0.3) is 17.0 Å². The molecule has 0 aliphatic carbocycles. The molecule has 0 bridgehead atoms. The lowest BCUT2D eigenvalue weighted by molar-refractivity contribution is 0.0955. The van der Waals surface area contributed by atoms with Crippen LogP contribution in [0.4, 0.5) is 8.78 Å². The summed E-state index contributed by atoms with van der Waals surface area (Å²) < 4.78 is 31.8. The molecular formula is C26H29F2N3O2. The molecule has 5 nitrogen and oxygen atoms in total. The van der Waals surface area contributed by atoms with Gasteiger partial charge < -0.3 is 20.1 Å². The van der Waals surface area contributed by atoms with Crippen LogP contribution in [-0.4, -0.2) is 54.3 Å². The highest BCUT2D eigenvalue weighted by Gasteiger charge is 2.22. The third kappa shape index (κ3) is 6.13. The number of fused-ring (bicyclic) bond motifs is 1. The maximum atomic E-state index is 13.3. The van der Waals surface area contributed by atoms with Crippen LogP contribution in [0, 0.1) is 11.6 Å². The molecule has 3 aromatic rings. The zero-order valence-electron chi connectivity index (χ0n) is 18.7. The van der Waals surface area contributed by atoms with E-state index in [1.807, 2.05) is 30.3 Å². The van der Waals surface area contributed by atoms with Crippen molar-refractivity contribution < 1.29 is 18.6 Å². The first kappa shape index (κ1) is 23.3. The van der Waals surface area contributed by atoms with E-state index in [2.05, 4.69) is 15.2 Å². The van der Waals surface area contributed by atoms with Gasteiger partial charge in [-0.25, -0.2) is 8.78 Å². The van der Waals surface area contributed by atoms with Crippen LogP contribution in [0.5, 0.6) is 5.75 Å². The molecule has 0 saturated carbocycles. The van der Waals surface area contributed by atoms with Gasteiger partial charge >= 0.3 is 0 Å². The Morgan fingerprint density at radius 1 is 1.15 bits per heavy atom. The van der Waals surface area contributed by atoms with Gasteiger partial charge in [0.05, 0.1) is 18.7 Å². The molecule has 4 rings (SSSR count). The first-order chi connectivity index (χ1) is 16.0. The number of nitrogens with zero attached hydrogens (tertiary/aromatic N) is 2. The fourth-order valence-corrected chi connectivity index (χ4v) is 4.33. The Balaban J connectivity index is 1.26. The van der Waals surface area contributed by atoms with Crippen LogP contribution in [0.15, 0.2) is 54.7 Å². The minimum atomic E-state index is -0.610. The summed E-state index contributed by atoms with van der Waals surface area (Å²) in [5, 5.41) is 15.3. The second-order valence-corrected chi connectivity index (χ2v) is 8.39. The van der Waals surface area contributed by atoms with Crippen LogP contribution < -0.4 is 10.1 Å². The number of methoxy groups -OCH3 is 1. The molecule has 2 N–H and O–H groups in total. The van der Waals surface area contributed by atoms with Gasteiger partial charge in [0.1, 0.15) is 17.4 Å². The predicted molar refractivity (Wildman–Crippen MR) is 126 cm³/mol. The number of likely N-dealkylation sites (tertiary alicyclic amines) is 1. The number of piperidine rings is 1. The van der Waals surface area contributed by atoms with Crippen LogP contribution in [-0.2, 0) is 0 Å². The topological polar surface area (TPSA) is 57.6 Å². The van der Waals surface area contributed by atoms with Gasteiger partial charge in [0.2, 0.25) is 0 Å². The van der Waals surface area contributed by atoms with Crippen molar-refractivity contribution in [3.8, 4) is 5.75 Å². The molecule has 1 atom stereocenters. The average molecular weight is 454 g/mol. The van der Waals surface area contributed by atoms with Gasteiger partial charge in [0.15, 0.2) is 0 Å². The van der Waals surface area contributed by atoms with E-state index in [0.717, 1.165) is 54.2 Å². The van der Waals surface area contributed by atoms with Crippen LogP contribution in [0.2, 0.25) is 0 Å². The highest BCUT2D eigenvalue weighted by Crippen LogP contribution is 2.27. The first-order valence-electron chi connectivity index (χ1n) is 11.2. The second kappa shape index (κ2) is 10.8. The zero-order chi connectivity index (χ0) is 23.2. The molecule has 7 heteroatoms. The predicted octanol–water partition coefficient (Wildman–Crippen LogP) is 4.32. The fourth-order valence-electron chi connectivity index (χ4n) is 4.33. The number of aromatic nitrogens is 1. The van der Waals surface area contributed by atoms with E-state index in [4.69, 9.17) is 4.74 Å². The van der Waals surface area contributed by atoms with Crippen molar-refractivity contribution in [3.05, 3.63) is 77.5 Å². The van der Waals surface area contributed by atoms with Crippen LogP contribution >= 0.6 is 0 Å². The number of aliphatic hydroxyl groups excluding tert-OH is 1. The van der Waals surface area contributed by atoms with E-state index >= 15 is 0 Å². The van der Waals surface area contributed by atoms with E-state index in [0.29, 0.717) is 24.7 Å². The number of β-amino-alcohol motifs (C(OH)–C–C–N with tert-alkyl or cyclic N) is 1. The van der Waals surface area contributed by atoms with Gasteiger partial charge in [-0.3, -0.25) is 4.98 Å². The summed E-state index contributed by atoms with van der Waals surface area (Å²) in [6, 6.07) is 11.4. The highest BCUT2D eigenvalue weighted by atomic mass is 19.1. The maximum Gasteiger partial charge on any atom is 0.126 e. The van der Waals surface area contributed by atoms with Crippen molar-refractivity contribution in [1.29, 1.82) is 0 Å². The molecule has 2 aromatic carbocycles. The number of benzene rings is 2. The molecule has 0 radical (unpaired) electrons. The number of ether oxygens (including phenoxy) is 1. The Hall–Kier alpha value is -2.87. The monoisotopic (exact) mass is 453 g/mol. The lowest BCUT2D eigenvalue weighted by Gasteiger charge is -2.33. The summed E-state index contributed by atoms with van der Waals surface area (Å²) in [5.74, 6) is -0.403. The summed E-state index contributed by atoms with van der Waals surface area (Å²) in [6.45, 7) is 2.98. The molecule has 0 amide bonds. The van der Waals surface area contributed by atoms with E-state index in [-0.39, 0.29) is 0 Å². The average Bonchev–Trinajstić information content (AvgIpc) is 2.81. The molecule has 1 fully saturated rings. The molecule has 1 aliphatic heterocycles. The molecular weight excluding hydrogens is 424 g/mol. The smallest absolute Gasteiger partial charge is 0.126 e. The number of aliphatic hydroxyl groups is 1. The summed E-state index contributed by atoms with van der Waals surface area (Å²) >= 11 is 0. The summed E-state index contributed by atoms with van der Waals surface area (Å²) in [5.41, 5.74) is 2.21. The zero-order valence-corrected chi connectivity index (χ0v) is 18.7. The lowest BCUT2D eigenvalue weighted by Crippen LogP contribution is -2.43. The van der Waals surface area contributed by atoms with E-state index in [1.165, 1.54) is 12.1 Å². The van der Waals surface area contributed by atoms with Crippen molar-refractivity contribution in [2.75, 3.05) is 33.3 Å². The molecule has 1 aromatic heterocycles. The van der Waals surface area contributed by atoms with Gasteiger partial charge in [-0.1, -0.05) is 12.2 Å². The Kier molecular flexibility index (Phi) is 7.65. The molecule has 0 unspecified atom stereocenters. The molecule has 1 saturated heterocycles. The Bertz CT molecular complexity index is 1090. The van der Waals surface area contributed by atoms with E-state index in [9.17, 15) is 13.9 Å². The van der Waals surface area contributed by atoms with Crippen molar-refractivity contribution in [1.82, 2.24) is 15.2 Å². The highest BCUT2D eigenvalue weighted by molar-refractivity contribution is 5.83. The van der Waals surface area contributed by atoms with E-state index in [1.54, 1.807) is 19.4 Å². The largest absolute Gasteiger partial charge is 0.497 e. The summed E-state index contributed by atoms with van der Waals surface area (Å²) in [6.07, 6.45) is 6.67. The molecule has 174 valence electrons. The van der Waals surface area contributed by atoms with Crippen LogP contribution in [0.3, 0.4) is 0 Å². The third-order valence-corrected chi connectivity index (χ3v) is 6.08. The standard InChI is InChI=1S/C26H29F2N3O2/c1-33-22-4-5-25-24(16-22)23(6-10-30-25)26(32)17-31-11-7-21(8-12-31)29-9-2-3-18-13-19(27)15-20(28)14-18/h2-6,10,13-16,21,26,29,32H,7-9,11-12,17H2,1H3/t26-/m0/s1. The van der Waals surface area contributed by atoms with Crippen molar-refractivity contribution in [2.45, 2.75) is 25.0 Å². The van der Waals surface area contributed by atoms with Gasteiger partial charge in [-0.2, -0.15) is 0 Å². The maximum absolute atomic E-state index is 13.3. The van der Waals surface area contributed by atoms with Gasteiger partial charge in [0, 0.05) is 36.8 Å². The number of halogens is 2. The third-order valence-electron chi connectivity index (χ3n) is 6.08. The molecule has 1 aliphatic rings. The number of hydrogen-bond acceptors (Lipinski definition) is 5. The quantitative estimate of drug-likeness (QED) is 0.532. The second-order valence-electron chi connectivity index (χ2n) is 8.39. The Labute approximate surface area is 192 Å². The number of nitrogens with one attached hydrogen (secondary N) is 1. The SMILES string of the molecule is COc1ccc2nccc([C@@H](O)CN3CCC(NCC=Cc4cc(F)cc(F)c4)CC3)c2c1. The van der Waals surface area contributed by atoms with Crippen molar-refractivity contribution in [3.63, 3.8) is 0 Å². The molecule has 33 heavy (non-hydrogen) atoms. The lowest BCUT2D eigenvalue weighted by atomic mass is 10.0. The van der Waals surface area contributed by atoms with Crippen molar-refractivity contribution >= 4 is 17.0 Å². The van der Waals surface area contributed by atoms with Crippen LogP contribution in [0.1, 0.15) is 30.1 Å². The number of hydrogen-bond donors (Lipinski definition) is 2. The van der Waals surface area contributed by atoms with Gasteiger partial charge in [-0.05, 0) is 73.5 Å². The van der Waals surface area contributed by atoms with Gasteiger partial charge in [0.25, 0.3) is 0 Å². The number of rotatable bonds is 8. The summed E-state index contributed by atoms with van der Waals surface area (Å²) in [4.78, 5) is 6.67. The van der Waals surface area contributed by atoms with Gasteiger partial charge in [-0.15, -0.1) is 0 Å². The van der Waals surface area contributed by atoms with E-state index < -0.39 is 17.7 Å². The first-order valence-corrected chi connectivity index (χ1v) is 11.2. The minimum absolute atomic E-state index is 0.373. The minimum Gasteiger partial charge on any atom is -0.497 e.